The summed E-state index contributed by atoms with van der Waals surface area (Å²) < 4.78 is 2.36. The number of hydrogen-bond donors (Lipinski definition) is 0. The molecule has 1 atom stereocenters. The third-order valence-electron chi connectivity index (χ3n) is 3.85. The molecular formula is C18H14BrN. The largest absolute Gasteiger partial charge is 0.310 e. The standard InChI is InChI=1S/C18H14BrN/c19-13-10-11-18-16(12-13)15-8-4-5-9-17(15)20(18)14-6-2-1-3-7-14/h1-9,11-13H,10H2. The van der Waals surface area contributed by atoms with Crippen LogP contribution in [-0.4, -0.2) is 9.39 Å². The molecule has 1 heterocycles. The predicted octanol–water partition coefficient (Wildman–Crippen LogP) is 3.36. The smallest absolute Gasteiger partial charge is 0.0540 e. The lowest BCUT2D eigenvalue weighted by Crippen LogP contribution is -2.32. The fourth-order valence-electron chi connectivity index (χ4n) is 2.99. The zero-order chi connectivity index (χ0) is 13.5. The number of benzene rings is 2. The quantitative estimate of drug-likeness (QED) is 0.605. The van der Waals surface area contributed by atoms with Crippen molar-refractivity contribution in [2.24, 2.45) is 0 Å². The Bertz CT molecular complexity index is 890. The van der Waals surface area contributed by atoms with E-state index in [2.05, 4.69) is 87.2 Å². The van der Waals surface area contributed by atoms with E-state index in [1.807, 2.05) is 0 Å². The molecule has 0 bridgehead atoms. The number of alkyl halides is 1. The highest BCUT2D eigenvalue weighted by atomic mass is 79.9. The van der Waals surface area contributed by atoms with Crippen LogP contribution in [0.3, 0.4) is 0 Å². The summed E-state index contributed by atoms with van der Waals surface area (Å²) in [4.78, 5) is 0.435. The molecule has 98 valence electrons. The molecule has 0 N–H and O–H groups in total. The Labute approximate surface area is 126 Å². The maximum Gasteiger partial charge on any atom is 0.0540 e. The Morgan fingerprint density at radius 2 is 1.70 bits per heavy atom. The molecule has 0 spiro atoms. The fourth-order valence-corrected chi connectivity index (χ4v) is 3.44. The van der Waals surface area contributed by atoms with Crippen LogP contribution in [0.4, 0.5) is 0 Å². The Balaban J connectivity index is 2.21. The van der Waals surface area contributed by atoms with Gasteiger partial charge in [-0.05, 0) is 24.6 Å². The molecule has 0 saturated heterocycles. The number of hydrogen-bond acceptors (Lipinski definition) is 0. The molecule has 0 amide bonds. The van der Waals surface area contributed by atoms with Crippen molar-refractivity contribution in [2.75, 3.05) is 0 Å². The minimum absolute atomic E-state index is 0.435. The van der Waals surface area contributed by atoms with E-state index in [1.54, 1.807) is 0 Å². The molecule has 0 radical (unpaired) electrons. The minimum Gasteiger partial charge on any atom is -0.310 e. The first kappa shape index (κ1) is 12.0. The normalized spacial score (nSPS) is 17.4. The molecular weight excluding hydrogens is 310 g/mol. The van der Waals surface area contributed by atoms with Gasteiger partial charge >= 0.3 is 0 Å². The Morgan fingerprint density at radius 1 is 0.950 bits per heavy atom. The highest BCUT2D eigenvalue weighted by Crippen LogP contribution is 2.17. The first-order chi connectivity index (χ1) is 9.84. The van der Waals surface area contributed by atoms with Crippen molar-refractivity contribution in [2.45, 2.75) is 11.2 Å². The van der Waals surface area contributed by atoms with Gasteiger partial charge in [0, 0.05) is 26.5 Å². The van der Waals surface area contributed by atoms with Crippen LogP contribution in [0.5, 0.6) is 0 Å². The van der Waals surface area contributed by atoms with Crippen LogP contribution in [0.25, 0.3) is 28.7 Å². The number of halogens is 1. The number of para-hydroxylation sites is 2. The van der Waals surface area contributed by atoms with Gasteiger partial charge in [0.2, 0.25) is 0 Å². The summed E-state index contributed by atoms with van der Waals surface area (Å²) in [5.41, 5.74) is 2.50. The average molecular weight is 324 g/mol. The lowest BCUT2D eigenvalue weighted by molar-refractivity contribution is 1.03. The van der Waals surface area contributed by atoms with Gasteiger partial charge < -0.3 is 4.57 Å². The Hall–Kier alpha value is -1.80. The van der Waals surface area contributed by atoms with Crippen LogP contribution in [0.15, 0.2) is 54.6 Å². The molecule has 1 nitrogen and oxygen atoms in total. The third kappa shape index (κ3) is 1.75. The van der Waals surface area contributed by atoms with Gasteiger partial charge in [-0.25, -0.2) is 0 Å². The van der Waals surface area contributed by atoms with Crippen LogP contribution >= 0.6 is 15.9 Å². The van der Waals surface area contributed by atoms with E-state index < -0.39 is 0 Å². The van der Waals surface area contributed by atoms with Crippen LogP contribution < -0.4 is 10.6 Å². The molecule has 20 heavy (non-hydrogen) atoms. The highest BCUT2D eigenvalue weighted by molar-refractivity contribution is 9.09. The van der Waals surface area contributed by atoms with E-state index in [4.69, 9.17) is 0 Å². The molecule has 2 heteroatoms. The summed E-state index contributed by atoms with van der Waals surface area (Å²) in [6.07, 6.45) is 5.70. The van der Waals surface area contributed by atoms with Gasteiger partial charge in [-0.1, -0.05) is 64.5 Å². The monoisotopic (exact) mass is 323 g/mol. The zero-order valence-corrected chi connectivity index (χ0v) is 12.5. The van der Waals surface area contributed by atoms with Crippen molar-refractivity contribution in [3.8, 4) is 5.69 Å². The summed E-state index contributed by atoms with van der Waals surface area (Å²) >= 11 is 3.71. The van der Waals surface area contributed by atoms with Gasteiger partial charge in [-0.3, -0.25) is 0 Å². The number of rotatable bonds is 1. The maximum atomic E-state index is 3.71. The summed E-state index contributed by atoms with van der Waals surface area (Å²) in [7, 11) is 0. The first-order valence-corrected chi connectivity index (χ1v) is 7.77. The molecule has 1 unspecified atom stereocenters. The van der Waals surface area contributed by atoms with E-state index in [9.17, 15) is 0 Å². The van der Waals surface area contributed by atoms with E-state index in [0.29, 0.717) is 4.83 Å². The van der Waals surface area contributed by atoms with Crippen LogP contribution in [-0.2, 0) is 0 Å². The van der Waals surface area contributed by atoms with E-state index >= 15 is 0 Å². The fraction of sp³-hybridized carbons (Fsp3) is 0.111. The molecule has 3 aromatic rings. The first-order valence-electron chi connectivity index (χ1n) is 6.85. The van der Waals surface area contributed by atoms with Gasteiger partial charge in [0.25, 0.3) is 0 Å². The van der Waals surface area contributed by atoms with Crippen LogP contribution in [0, 0.1) is 0 Å². The molecule has 1 aromatic heterocycles. The highest BCUT2D eigenvalue weighted by Gasteiger charge is 2.12. The lowest BCUT2D eigenvalue weighted by Gasteiger charge is -2.08. The second kappa shape index (κ2) is 4.64. The van der Waals surface area contributed by atoms with Crippen molar-refractivity contribution in [1.29, 1.82) is 0 Å². The molecule has 1 aliphatic carbocycles. The van der Waals surface area contributed by atoms with Gasteiger partial charge in [0.15, 0.2) is 0 Å². The SMILES string of the molecule is BrC1C=c2c(n(-c3ccccc3)c3ccccc23)=CC1. The predicted molar refractivity (Wildman–Crippen MR) is 88.8 cm³/mol. The van der Waals surface area contributed by atoms with E-state index in [0.717, 1.165) is 6.42 Å². The number of aromatic nitrogens is 1. The van der Waals surface area contributed by atoms with Gasteiger partial charge in [0.1, 0.15) is 0 Å². The van der Waals surface area contributed by atoms with Gasteiger partial charge in [-0.15, -0.1) is 0 Å². The summed E-state index contributed by atoms with van der Waals surface area (Å²) in [6, 6.07) is 19.2. The molecule has 0 saturated carbocycles. The number of fused-ring (bicyclic) bond motifs is 3. The van der Waals surface area contributed by atoms with E-state index in [1.165, 1.54) is 27.2 Å². The zero-order valence-electron chi connectivity index (χ0n) is 11.0. The summed E-state index contributed by atoms with van der Waals surface area (Å²) in [5, 5.41) is 3.98. The topological polar surface area (TPSA) is 4.93 Å². The molecule has 0 aliphatic heterocycles. The average Bonchev–Trinajstić information content (AvgIpc) is 2.82. The minimum atomic E-state index is 0.435. The van der Waals surface area contributed by atoms with Crippen molar-refractivity contribution < 1.29 is 0 Å². The third-order valence-corrected chi connectivity index (χ3v) is 4.49. The summed E-state index contributed by atoms with van der Waals surface area (Å²) in [6.45, 7) is 0. The van der Waals surface area contributed by atoms with Gasteiger partial charge in [-0.2, -0.15) is 0 Å². The van der Waals surface area contributed by atoms with Crippen molar-refractivity contribution in [3.05, 3.63) is 65.2 Å². The molecule has 0 fully saturated rings. The van der Waals surface area contributed by atoms with Crippen molar-refractivity contribution in [1.82, 2.24) is 4.57 Å². The van der Waals surface area contributed by atoms with Gasteiger partial charge in [0.05, 0.1) is 5.52 Å². The van der Waals surface area contributed by atoms with E-state index in [-0.39, 0.29) is 0 Å². The van der Waals surface area contributed by atoms with Crippen molar-refractivity contribution in [3.63, 3.8) is 0 Å². The Morgan fingerprint density at radius 3 is 2.55 bits per heavy atom. The van der Waals surface area contributed by atoms with Crippen LogP contribution in [0.1, 0.15) is 6.42 Å². The summed E-state index contributed by atoms with van der Waals surface area (Å²) in [5.74, 6) is 0. The lowest BCUT2D eigenvalue weighted by atomic mass is 10.1. The molecule has 4 rings (SSSR count). The molecule has 1 aliphatic rings. The number of nitrogens with zero attached hydrogens (tertiary/aromatic N) is 1. The second-order valence-electron chi connectivity index (χ2n) is 5.11. The second-order valence-corrected chi connectivity index (χ2v) is 6.29. The maximum absolute atomic E-state index is 3.71. The van der Waals surface area contributed by atoms with Crippen LogP contribution in [0.2, 0.25) is 0 Å². The Kier molecular flexibility index (Phi) is 2.78. The van der Waals surface area contributed by atoms with Crippen molar-refractivity contribution >= 4 is 39.0 Å². The molecule has 2 aromatic carbocycles.